The van der Waals surface area contributed by atoms with Crippen molar-refractivity contribution in [1.29, 1.82) is 0 Å². The van der Waals surface area contributed by atoms with Gasteiger partial charge in [0.15, 0.2) is 17.3 Å². The summed E-state index contributed by atoms with van der Waals surface area (Å²) in [7, 11) is 0. The Morgan fingerprint density at radius 3 is 2.88 bits per heavy atom. The lowest BCUT2D eigenvalue weighted by Gasteiger charge is -2.19. The first kappa shape index (κ1) is 14.9. The molecule has 2 aromatic carbocycles. The van der Waals surface area contributed by atoms with Crippen LogP contribution in [0, 0.1) is 0 Å². The molecule has 0 radical (unpaired) electrons. The van der Waals surface area contributed by atoms with Crippen LogP contribution in [-0.2, 0) is 13.0 Å². The molecule has 1 aliphatic heterocycles. The maximum atomic E-state index is 9.97. The van der Waals surface area contributed by atoms with Crippen molar-refractivity contribution in [1.82, 2.24) is 25.2 Å². The lowest BCUT2D eigenvalue weighted by atomic mass is 10.0. The highest BCUT2D eigenvalue weighted by Gasteiger charge is 2.21. The van der Waals surface area contributed by atoms with Crippen LogP contribution in [0.5, 0.6) is 5.75 Å². The molecular weight excluding hydrogens is 332 g/mol. The number of hydrogen-bond acceptors (Lipinski definition) is 7. The molecule has 0 bridgehead atoms. The number of anilines is 1. The number of phenolic OH excluding ortho intramolecular Hbond substituents is 1. The normalized spacial score (nSPS) is 13.8. The molecule has 0 atom stereocenters. The Balaban J connectivity index is 1.80. The average molecular weight is 348 g/mol. The molecule has 0 unspecified atom stereocenters. The molecule has 1 aliphatic rings. The SMILES string of the molecule is Nc1nonc1-c1nc2ccc(O)cc2n1-c1ccc2c(c1)CNCC2. The van der Waals surface area contributed by atoms with Gasteiger partial charge >= 0.3 is 0 Å². The summed E-state index contributed by atoms with van der Waals surface area (Å²) in [6.07, 6.45) is 1.01. The van der Waals surface area contributed by atoms with Crippen LogP contribution in [0.1, 0.15) is 11.1 Å². The Hall–Kier alpha value is -3.39. The molecule has 0 saturated carbocycles. The molecular formula is C18H16N6O2. The first-order valence-corrected chi connectivity index (χ1v) is 8.33. The summed E-state index contributed by atoms with van der Waals surface area (Å²) in [5.41, 5.74) is 11.2. The number of nitrogens with one attached hydrogen (secondary N) is 1. The third kappa shape index (κ3) is 2.23. The molecule has 5 rings (SSSR count). The number of nitrogens with zero attached hydrogens (tertiary/aromatic N) is 4. The van der Waals surface area contributed by atoms with Gasteiger partial charge in [-0.05, 0) is 58.7 Å². The molecule has 3 heterocycles. The van der Waals surface area contributed by atoms with Gasteiger partial charge in [-0.2, -0.15) is 0 Å². The quantitative estimate of drug-likeness (QED) is 0.507. The summed E-state index contributed by atoms with van der Waals surface area (Å²) >= 11 is 0. The Morgan fingerprint density at radius 1 is 1.12 bits per heavy atom. The monoisotopic (exact) mass is 348 g/mol. The maximum Gasteiger partial charge on any atom is 0.199 e. The fourth-order valence-electron chi connectivity index (χ4n) is 3.44. The summed E-state index contributed by atoms with van der Waals surface area (Å²) in [5.74, 6) is 0.856. The Labute approximate surface area is 148 Å². The van der Waals surface area contributed by atoms with Crippen LogP contribution in [0.15, 0.2) is 41.0 Å². The summed E-state index contributed by atoms with van der Waals surface area (Å²) < 4.78 is 6.68. The number of benzene rings is 2. The summed E-state index contributed by atoms with van der Waals surface area (Å²) in [4.78, 5) is 4.64. The van der Waals surface area contributed by atoms with E-state index in [0.717, 1.165) is 36.2 Å². The number of phenols is 1. The molecule has 26 heavy (non-hydrogen) atoms. The molecule has 0 amide bonds. The second kappa shape index (κ2) is 5.57. The average Bonchev–Trinajstić information content (AvgIpc) is 3.24. The highest BCUT2D eigenvalue weighted by Crippen LogP contribution is 2.32. The van der Waals surface area contributed by atoms with Crippen molar-refractivity contribution < 1.29 is 9.74 Å². The fraction of sp³-hybridized carbons (Fsp3) is 0.167. The van der Waals surface area contributed by atoms with Gasteiger partial charge in [0, 0.05) is 18.3 Å². The number of rotatable bonds is 2. The van der Waals surface area contributed by atoms with E-state index in [1.807, 2.05) is 10.6 Å². The van der Waals surface area contributed by atoms with Crippen molar-refractivity contribution in [3.8, 4) is 23.0 Å². The van der Waals surface area contributed by atoms with Crippen LogP contribution in [0.4, 0.5) is 5.82 Å². The lowest BCUT2D eigenvalue weighted by molar-refractivity contribution is 0.310. The fourth-order valence-corrected chi connectivity index (χ4v) is 3.44. The highest BCUT2D eigenvalue weighted by molar-refractivity contribution is 5.85. The maximum absolute atomic E-state index is 9.97. The number of nitrogens with two attached hydrogens (primary N) is 1. The molecule has 8 nitrogen and oxygen atoms in total. The third-order valence-electron chi connectivity index (χ3n) is 4.70. The second-order valence-electron chi connectivity index (χ2n) is 6.32. The number of aromatic hydroxyl groups is 1. The summed E-state index contributed by atoms with van der Waals surface area (Å²) in [5, 5.41) is 20.9. The van der Waals surface area contributed by atoms with Crippen molar-refractivity contribution in [2.45, 2.75) is 13.0 Å². The number of nitrogen functional groups attached to an aromatic ring is 1. The van der Waals surface area contributed by atoms with Crippen molar-refractivity contribution in [3.05, 3.63) is 47.5 Å². The Morgan fingerprint density at radius 2 is 2.04 bits per heavy atom. The van der Waals surface area contributed by atoms with E-state index in [2.05, 4.69) is 32.7 Å². The van der Waals surface area contributed by atoms with Crippen LogP contribution in [-0.4, -0.2) is 31.5 Å². The van der Waals surface area contributed by atoms with Gasteiger partial charge in [0.2, 0.25) is 0 Å². The lowest BCUT2D eigenvalue weighted by Crippen LogP contribution is -2.23. The van der Waals surface area contributed by atoms with E-state index >= 15 is 0 Å². The molecule has 0 aliphatic carbocycles. The Kier molecular flexibility index (Phi) is 3.19. The standard InChI is InChI=1S/C18H16N6O2/c19-17-16(22-26-23-17)18-21-14-4-3-13(25)8-15(14)24(18)12-2-1-10-5-6-20-9-11(10)7-12/h1-4,7-8,20,25H,5-6,9H2,(H2,19,23). The molecule has 4 aromatic rings. The van der Waals surface area contributed by atoms with Gasteiger partial charge in [-0.15, -0.1) is 0 Å². The minimum absolute atomic E-state index is 0.163. The van der Waals surface area contributed by atoms with Gasteiger partial charge < -0.3 is 16.2 Å². The zero-order valence-electron chi connectivity index (χ0n) is 13.8. The molecule has 0 spiro atoms. The molecule has 2 aromatic heterocycles. The van der Waals surface area contributed by atoms with Gasteiger partial charge in [0.1, 0.15) is 5.75 Å². The van der Waals surface area contributed by atoms with E-state index in [-0.39, 0.29) is 11.6 Å². The van der Waals surface area contributed by atoms with Crippen molar-refractivity contribution in [2.24, 2.45) is 0 Å². The van der Waals surface area contributed by atoms with Gasteiger partial charge in [0.25, 0.3) is 0 Å². The second-order valence-corrected chi connectivity index (χ2v) is 6.32. The molecule has 130 valence electrons. The minimum atomic E-state index is 0.163. The highest BCUT2D eigenvalue weighted by atomic mass is 16.6. The summed E-state index contributed by atoms with van der Waals surface area (Å²) in [6, 6.07) is 11.3. The molecule has 0 fully saturated rings. The van der Waals surface area contributed by atoms with Crippen LogP contribution >= 0.6 is 0 Å². The van der Waals surface area contributed by atoms with Crippen LogP contribution in [0.25, 0.3) is 28.2 Å². The van der Waals surface area contributed by atoms with Crippen LogP contribution < -0.4 is 11.1 Å². The minimum Gasteiger partial charge on any atom is -0.508 e. The molecule has 0 saturated heterocycles. The van der Waals surface area contributed by atoms with Gasteiger partial charge in [0.05, 0.1) is 11.0 Å². The first-order chi connectivity index (χ1) is 12.7. The van der Waals surface area contributed by atoms with Crippen molar-refractivity contribution in [2.75, 3.05) is 12.3 Å². The van der Waals surface area contributed by atoms with Crippen molar-refractivity contribution >= 4 is 16.9 Å². The van der Waals surface area contributed by atoms with E-state index in [1.165, 1.54) is 11.1 Å². The smallest absolute Gasteiger partial charge is 0.199 e. The van der Waals surface area contributed by atoms with Crippen LogP contribution in [0.3, 0.4) is 0 Å². The number of aromatic nitrogens is 4. The number of fused-ring (bicyclic) bond motifs is 2. The van der Waals surface area contributed by atoms with E-state index in [9.17, 15) is 5.11 Å². The van der Waals surface area contributed by atoms with Gasteiger partial charge in [-0.1, -0.05) is 6.07 Å². The van der Waals surface area contributed by atoms with E-state index in [1.54, 1.807) is 18.2 Å². The number of imidazole rings is 1. The first-order valence-electron chi connectivity index (χ1n) is 8.33. The van der Waals surface area contributed by atoms with E-state index in [0.29, 0.717) is 11.5 Å². The topological polar surface area (TPSA) is 115 Å². The van der Waals surface area contributed by atoms with Crippen LogP contribution in [0.2, 0.25) is 0 Å². The predicted molar refractivity (Wildman–Crippen MR) is 95.8 cm³/mol. The van der Waals surface area contributed by atoms with Gasteiger partial charge in [-0.3, -0.25) is 4.57 Å². The van der Waals surface area contributed by atoms with Gasteiger partial charge in [-0.25, -0.2) is 9.61 Å². The zero-order valence-corrected chi connectivity index (χ0v) is 13.8. The van der Waals surface area contributed by atoms with E-state index in [4.69, 9.17) is 10.4 Å². The van der Waals surface area contributed by atoms with Crippen molar-refractivity contribution in [3.63, 3.8) is 0 Å². The summed E-state index contributed by atoms with van der Waals surface area (Å²) in [6.45, 7) is 1.81. The largest absolute Gasteiger partial charge is 0.508 e. The third-order valence-corrected chi connectivity index (χ3v) is 4.70. The zero-order chi connectivity index (χ0) is 17.7. The molecule has 4 N–H and O–H groups in total. The number of hydrogen-bond donors (Lipinski definition) is 3. The predicted octanol–water partition coefficient (Wildman–Crippen LogP) is 2.01. The molecule has 8 heteroatoms. The Bertz CT molecular complexity index is 1130. The van der Waals surface area contributed by atoms with E-state index < -0.39 is 0 Å².